The number of carbonyl (C=O) groups excluding carboxylic acids is 1. The number of amides is 1. The lowest BCUT2D eigenvalue weighted by Crippen LogP contribution is -2.16. The van der Waals surface area contributed by atoms with E-state index in [-0.39, 0.29) is 17.8 Å². The highest BCUT2D eigenvalue weighted by Crippen LogP contribution is 2.30. The maximum absolute atomic E-state index is 12.8. The van der Waals surface area contributed by atoms with Gasteiger partial charge in [0.2, 0.25) is 5.91 Å². The van der Waals surface area contributed by atoms with E-state index in [2.05, 4.69) is 57.4 Å². The standard InChI is InChI=1S/C29H31BrN4O2S/c1-18(2)22-11-13-24(14-12-22)36-21(5)28-32-33-29(34(28)23-9-7-6-8-10-23)37-17-27(35)31-26-16-20(4)19(3)15-25(26)30/h6-16,18,21H,17H2,1-5H3,(H,31,35). The Bertz CT molecular complexity index is 1370. The minimum Gasteiger partial charge on any atom is -0.483 e. The first-order valence-electron chi connectivity index (χ1n) is 12.2. The van der Waals surface area contributed by atoms with Crippen molar-refractivity contribution < 1.29 is 9.53 Å². The van der Waals surface area contributed by atoms with Gasteiger partial charge in [0.1, 0.15) is 5.75 Å². The molecule has 6 nitrogen and oxygen atoms in total. The lowest BCUT2D eigenvalue weighted by molar-refractivity contribution is -0.113. The lowest BCUT2D eigenvalue weighted by Gasteiger charge is -2.17. The molecule has 1 N–H and O–H groups in total. The Balaban J connectivity index is 1.52. The quantitative estimate of drug-likeness (QED) is 0.207. The number of aryl methyl sites for hydroxylation is 2. The fraction of sp³-hybridized carbons (Fsp3) is 0.276. The molecule has 1 amide bonds. The largest absolute Gasteiger partial charge is 0.483 e. The highest BCUT2D eigenvalue weighted by atomic mass is 79.9. The van der Waals surface area contributed by atoms with Crippen LogP contribution in [0.5, 0.6) is 5.75 Å². The minimum absolute atomic E-state index is 0.118. The van der Waals surface area contributed by atoms with Gasteiger partial charge in [0, 0.05) is 10.2 Å². The van der Waals surface area contributed by atoms with Gasteiger partial charge in [-0.05, 0) is 95.7 Å². The van der Waals surface area contributed by atoms with Crippen LogP contribution in [0.25, 0.3) is 5.69 Å². The maximum atomic E-state index is 12.8. The summed E-state index contributed by atoms with van der Waals surface area (Å²) in [6.07, 6.45) is -0.354. The van der Waals surface area contributed by atoms with Gasteiger partial charge < -0.3 is 10.1 Å². The average Bonchev–Trinajstić information content (AvgIpc) is 3.31. The van der Waals surface area contributed by atoms with Crippen LogP contribution in [-0.4, -0.2) is 26.4 Å². The number of ether oxygens (including phenoxy) is 1. The second-order valence-electron chi connectivity index (χ2n) is 9.25. The van der Waals surface area contributed by atoms with E-state index in [4.69, 9.17) is 4.74 Å². The van der Waals surface area contributed by atoms with Gasteiger partial charge >= 0.3 is 0 Å². The molecule has 0 fully saturated rings. The summed E-state index contributed by atoms with van der Waals surface area (Å²) in [4.78, 5) is 12.8. The number of hydrogen-bond donors (Lipinski definition) is 1. The number of aromatic nitrogens is 3. The summed E-state index contributed by atoms with van der Waals surface area (Å²) in [5.41, 5.74) is 5.21. The van der Waals surface area contributed by atoms with E-state index in [1.54, 1.807) is 0 Å². The van der Waals surface area contributed by atoms with Gasteiger partial charge in [0.15, 0.2) is 17.1 Å². The molecule has 0 radical (unpaired) electrons. The lowest BCUT2D eigenvalue weighted by atomic mass is 10.0. The number of anilines is 1. The molecule has 1 heterocycles. The Labute approximate surface area is 231 Å². The van der Waals surface area contributed by atoms with Crippen molar-refractivity contribution in [3.63, 3.8) is 0 Å². The summed E-state index contributed by atoms with van der Waals surface area (Å²) in [7, 11) is 0. The van der Waals surface area contributed by atoms with E-state index in [0.717, 1.165) is 32.7 Å². The number of halogens is 1. The van der Waals surface area contributed by atoms with E-state index in [9.17, 15) is 4.79 Å². The van der Waals surface area contributed by atoms with E-state index in [1.807, 2.05) is 79.9 Å². The van der Waals surface area contributed by atoms with Crippen LogP contribution in [0.15, 0.2) is 76.4 Å². The van der Waals surface area contributed by atoms with Crippen molar-refractivity contribution in [1.29, 1.82) is 0 Å². The molecule has 3 aromatic carbocycles. The number of rotatable bonds is 9. The number of benzene rings is 3. The molecular weight excluding hydrogens is 548 g/mol. The van der Waals surface area contributed by atoms with E-state index >= 15 is 0 Å². The predicted octanol–water partition coefficient (Wildman–Crippen LogP) is 7.64. The van der Waals surface area contributed by atoms with Gasteiger partial charge in [0.25, 0.3) is 0 Å². The summed E-state index contributed by atoms with van der Waals surface area (Å²) >= 11 is 4.88. The van der Waals surface area contributed by atoms with E-state index in [0.29, 0.717) is 16.9 Å². The molecule has 0 saturated carbocycles. The van der Waals surface area contributed by atoms with Crippen molar-refractivity contribution in [2.45, 2.75) is 51.8 Å². The van der Waals surface area contributed by atoms with Crippen molar-refractivity contribution in [3.05, 3.63) is 93.7 Å². The molecule has 1 atom stereocenters. The Morgan fingerprint density at radius 2 is 1.68 bits per heavy atom. The van der Waals surface area contributed by atoms with Crippen molar-refractivity contribution in [2.75, 3.05) is 11.1 Å². The van der Waals surface area contributed by atoms with Crippen molar-refractivity contribution in [3.8, 4) is 11.4 Å². The number of nitrogens with one attached hydrogen (secondary N) is 1. The molecule has 0 bridgehead atoms. The van der Waals surface area contributed by atoms with Crippen LogP contribution in [0.4, 0.5) is 5.69 Å². The highest BCUT2D eigenvalue weighted by molar-refractivity contribution is 9.10. The first kappa shape index (κ1) is 26.9. The van der Waals surface area contributed by atoms with Crippen LogP contribution in [0, 0.1) is 13.8 Å². The van der Waals surface area contributed by atoms with Crippen LogP contribution >= 0.6 is 27.7 Å². The van der Waals surface area contributed by atoms with Crippen molar-refractivity contribution >= 4 is 39.3 Å². The minimum atomic E-state index is -0.354. The molecule has 0 spiro atoms. The predicted molar refractivity (Wildman–Crippen MR) is 154 cm³/mol. The number of carbonyl (C=O) groups is 1. The van der Waals surface area contributed by atoms with Crippen LogP contribution < -0.4 is 10.1 Å². The van der Waals surface area contributed by atoms with Gasteiger partial charge in [0.05, 0.1) is 11.4 Å². The smallest absolute Gasteiger partial charge is 0.234 e. The number of thioether (sulfide) groups is 1. The number of nitrogens with zero attached hydrogens (tertiary/aromatic N) is 3. The van der Waals surface area contributed by atoms with E-state index in [1.165, 1.54) is 17.3 Å². The number of para-hydroxylation sites is 1. The second-order valence-corrected chi connectivity index (χ2v) is 11.0. The van der Waals surface area contributed by atoms with Crippen LogP contribution in [0.1, 0.15) is 55.3 Å². The molecule has 0 aliphatic heterocycles. The molecule has 4 rings (SSSR count). The molecule has 0 aliphatic rings. The summed E-state index contributed by atoms with van der Waals surface area (Å²) in [6.45, 7) is 10.4. The third-order valence-corrected chi connectivity index (χ3v) is 7.67. The fourth-order valence-electron chi connectivity index (χ4n) is 3.84. The van der Waals surface area contributed by atoms with Gasteiger partial charge in [-0.1, -0.05) is 55.9 Å². The molecular formula is C29H31BrN4O2S. The van der Waals surface area contributed by atoms with Crippen molar-refractivity contribution in [1.82, 2.24) is 14.8 Å². The SMILES string of the molecule is Cc1cc(Br)c(NC(=O)CSc2nnc(C(C)Oc3ccc(C(C)C)cc3)n2-c2ccccc2)cc1C. The van der Waals surface area contributed by atoms with Gasteiger partial charge in [-0.2, -0.15) is 0 Å². The summed E-state index contributed by atoms with van der Waals surface area (Å²) in [6, 6.07) is 22.0. The van der Waals surface area contributed by atoms with Gasteiger partial charge in [-0.3, -0.25) is 9.36 Å². The third kappa shape index (κ3) is 6.62. The van der Waals surface area contributed by atoms with Crippen LogP contribution in [-0.2, 0) is 4.79 Å². The fourth-order valence-corrected chi connectivity index (χ4v) is 5.15. The second kappa shape index (κ2) is 12.0. The van der Waals surface area contributed by atoms with E-state index < -0.39 is 0 Å². The molecule has 192 valence electrons. The molecule has 1 unspecified atom stereocenters. The Hall–Kier alpha value is -3.10. The molecule has 0 aliphatic carbocycles. The molecule has 1 aromatic heterocycles. The molecule has 8 heteroatoms. The first-order chi connectivity index (χ1) is 17.7. The Morgan fingerprint density at radius 1 is 1.00 bits per heavy atom. The molecule has 37 heavy (non-hydrogen) atoms. The normalized spacial score (nSPS) is 12.0. The summed E-state index contributed by atoms with van der Waals surface area (Å²) < 4.78 is 9.05. The summed E-state index contributed by atoms with van der Waals surface area (Å²) in [5, 5.41) is 12.5. The third-order valence-electron chi connectivity index (χ3n) is 6.09. The Morgan fingerprint density at radius 3 is 2.35 bits per heavy atom. The maximum Gasteiger partial charge on any atom is 0.234 e. The molecule has 0 saturated heterocycles. The zero-order chi connectivity index (χ0) is 26.5. The topological polar surface area (TPSA) is 69.0 Å². The zero-order valence-corrected chi connectivity index (χ0v) is 24.1. The van der Waals surface area contributed by atoms with Gasteiger partial charge in [-0.15, -0.1) is 10.2 Å². The average molecular weight is 580 g/mol. The van der Waals surface area contributed by atoms with Crippen LogP contribution in [0.3, 0.4) is 0 Å². The highest BCUT2D eigenvalue weighted by Gasteiger charge is 2.22. The molecule has 4 aromatic rings. The van der Waals surface area contributed by atoms with Gasteiger partial charge in [-0.25, -0.2) is 0 Å². The number of hydrogen-bond acceptors (Lipinski definition) is 5. The van der Waals surface area contributed by atoms with Crippen molar-refractivity contribution in [2.24, 2.45) is 0 Å². The monoisotopic (exact) mass is 578 g/mol. The summed E-state index contributed by atoms with van der Waals surface area (Å²) in [5.74, 6) is 1.97. The Kier molecular flexibility index (Phi) is 8.71. The zero-order valence-electron chi connectivity index (χ0n) is 21.7. The van der Waals surface area contributed by atoms with Crippen LogP contribution in [0.2, 0.25) is 0 Å². The first-order valence-corrected chi connectivity index (χ1v) is 14.0.